The van der Waals surface area contributed by atoms with Crippen LogP contribution < -0.4 is 4.74 Å². The summed E-state index contributed by atoms with van der Waals surface area (Å²) < 4.78 is 6.27. The van der Waals surface area contributed by atoms with Gasteiger partial charge in [0.15, 0.2) is 6.61 Å². The molecule has 0 radical (unpaired) electrons. The molecule has 0 aromatic heterocycles. The topological polar surface area (TPSA) is 26.3 Å². The van der Waals surface area contributed by atoms with Crippen LogP contribution in [0.25, 0.3) is 0 Å². The molecule has 2 aromatic carbocycles. The molecule has 0 N–H and O–H groups in total. The van der Waals surface area contributed by atoms with Crippen molar-refractivity contribution < 1.29 is 9.53 Å². The Kier molecular flexibility index (Phi) is 4.39. The highest BCUT2D eigenvalue weighted by Gasteiger charge is 2.11. The number of halogens is 2. The number of rotatable bonds is 4. The van der Waals surface area contributed by atoms with Gasteiger partial charge >= 0.3 is 0 Å². The van der Waals surface area contributed by atoms with E-state index in [-0.39, 0.29) is 12.4 Å². The maximum atomic E-state index is 11.9. The molecule has 0 saturated heterocycles. The predicted molar refractivity (Wildman–Crippen MR) is 75.4 cm³/mol. The van der Waals surface area contributed by atoms with Gasteiger partial charge in [-0.25, -0.2) is 0 Å². The van der Waals surface area contributed by atoms with Crippen molar-refractivity contribution in [3.63, 3.8) is 0 Å². The van der Waals surface area contributed by atoms with Crippen LogP contribution in [0.2, 0.25) is 5.02 Å². The second-order valence-electron chi connectivity index (χ2n) is 3.62. The van der Waals surface area contributed by atoms with Crippen LogP contribution in [0.3, 0.4) is 0 Å². The van der Waals surface area contributed by atoms with Gasteiger partial charge in [-0.05, 0) is 40.2 Å². The Morgan fingerprint density at radius 1 is 1.11 bits per heavy atom. The molecule has 2 nitrogen and oxygen atoms in total. The lowest BCUT2D eigenvalue weighted by Gasteiger charge is -2.07. The Bertz CT molecular complexity index is 569. The number of ether oxygens (including phenoxy) is 1. The minimum absolute atomic E-state index is 0.0354. The molecule has 0 bridgehead atoms. The zero-order valence-electron chi connectivity index (χ0n) is 9.40. The van der Waals surface area contributed by atoms with Crippen LogP contribution in [0, 0.1) is 0 Å². The number of carbonyl (C=O) groups excluding carboxylic acids is 1. The van der Waals surface area contributed by atoms with Crippen LogP contribution in [0.1, 0.15) is 10.4 Å². The Morgan fingerprint density at radius 3 is 2.50 bits per heavy atom. The Morgan fingerprint density at radius 2 is 1.78 bits per heavy atom. The Balaban J connectivity index is 2.06. The SMILES string of the molecule is O=C(COc1ccccc1Br)c1ccccc1Cl. The van der Waals surface area contributed by atoms with Gasteiger partial charge in [0.1, 0.15) is 5.75 Å². The first kappa shape index (κ1) is 13.1. The van der Waals surface area contributed by atoms with E-state index in [9.17, 15) is 4.79 Å². The lowest BCUT2D eigenvalue weighted by molar-refractivity contribution is 0.0921. The maximum absolute atomic E-state index is 11.9. The molecule has 0 fully saturated rings. The van der Waals surface area contributed by atoms with Gasteiger partial charge < -0.3 is 4.74 Å². The molecule has 2 rings (SSSR count). The monoisotopic (exact) mass is 324 g/mol. The molecule has 0 spiro atoms. The van der Waals surface area contributed by atoms with Gasteiger partial charge in [-0.15, -0.1) is 0 Å². The van der Waals surface area contributed by atoms with Gasteiger partial charge in [-0.2, -0.15) is 0 Å². The van der Waals surface area contributed by atoms with Crippen molar-refractivity contribution in [2.75, 3.05) is 6.61 Å². The largest absolute Gasteiger partial charge is 0.484 e. The molecule has 18 heavy (non-hydrogen) atoms. The fourth-order valence-electron chi connectivity index (χ4n) is 1.47. The van der Waals surface area contributed by atoms with Crippen LogP contribution >= 0.6 is 27.5 Å². The van der Waals surface area contributed by atoms with Gasteiger partial charge in [-0.3, -0.25) is 4.79 Å². The number of carbonyl (C=O) groups is 1. The smallest absolute Gasteiger partial charge is 0.201 e. The highest BCUT2D eigenvalue weighted by atomic mass is 79.9. The van der Waals surface area contributed by atoms with E-state index in [1.807, 2.05) is 18.2 Å². The number of benzene rings is 2. The van der Waals surface area contributed by atoms with E-state index in [1.165, 1.54) is 0 Å². The summed E-state index contributed by atoms with van der Waals surface area (Å²) in [6.07, 6.45) is 0. The van der Waals surface area contributed by atoms with E-state index in [2.05, 4.69) is 15.9 Å². The summed E-state index contributed by atoms with van der Waals surface area (Å²) in [6.45, 7) is -0.0354. The van der Waals surface area contributed by atoms with Gasteiger partial charge in [0.25, 0.3) is 0 Å². The average molecular weight is 326 g/mol. The predicted octanol–water partition coefficient (Wildman–Crippen LogP) is 4.36. The number of hydrogen-bond acceptors (Lipinski definition) is 2. The summed E-state index contributed by atoms with van der Waals surface area (Å²) in [5, 5.41) is 0.443. The van der Waals surface area contributed by atoms with Crippen molar-refractivity contribution in [3.8, 4) is 5.75 Å². The molecule has 0 aliphatic carbocycles. The molecule has 2 aromatic rings. The highest BCUT2D eigenvalue weighted by molar-refractivity contribution is 9.10. The second-order valence-corrected chi connectivity index (χ2v) is 4.88. The van der Waals surface area contributed by atoms with E-state index in [4.69, 9.17) is 16.3 Å². The zero-order chi connectivity index (χ0) is 13.0. The van der Waals surface area contributed by atoms with Crippen LogP contribution in [-0.4, -0.2) is 12.4 Å². The van der Waals surface area contributed by atoms with Gasteiger partial charge in [-0.1, -0.05) is 35.9 Å². The molecule has 0 saturated carbocycles. The molecule has 0 amide bonds. The minimum atomic E-state index is -0.142. The van der Waals surface area contributed by atoms with Crippen molar-refractivity contribution in [2.24, 2.45) is 0 Å². The zero-order valence-corrected chi connectivity index (χ0v) is 11.7. The Hall–Kier alpha value is -1.32. The lowest BCUT2D eigenvalue weighted by atomic mass is 10.1. The van der Waals surface area contributed by atoms with Gasteiger partial charge in [0.05, 0.1) is 9.50 Å². The summed E-state index contributed by atoms with van der Waals surface area (Å²) in [5.41, 5.74) is 0.478. The van der Waals surface area contributed by atoms with Crippen LogP contribution in [0.15, 0.2) is 53.0 Å². The third-order valence-corrected chi connectivity index (χ3v) is 3.35. The third-order valence-electron chi connectivity index (χ3n) is 2.37. The summed E-state index contributed by atoms with van der Waals surface area (Å²) in [6, 6.07) is 14.3. The molecule has 0 unspecified atom stereocenters. The molecule has 0 heterocycles. The fourth-order valence-corrected chi connectivity index (χ4v) is 2.11. The van der Waals surface area contributed by atoms with Crippen molar-refractivity contribution in [1.29, 1.82) is 0 Å². The van der Waals surface area contributed by atoms with Crippen molar-refractivity contribution in [3.05, 3.63) is 63.6 Å². The summed E-state index contributed by atoms with van der Waals surface area (Å²) >= 11 is 9.30. The maximum Gasteiger partial charge on any atom is 0.201 e. The Labute approximate surface area is 119 Å². The van der Waals surface area contributed by atoms with E-state index >= 15 is 0 Å². The van der Waals surface area contributed by atoms with Crippen LogP contribution in [-0.2, 0) is 0 Å². The molecule has 92 valence electrons. The molecular formula is C14H10BrClO2. The summed E-state index contributed by atoms with van der Waals surface area (Å²) in [4.78, 5) is 11.9. The van der Waals surface area contributed by atoms with Crippen molar-refractivity contribution >= 4 is 33.3 Å². The summed E-state index contributed by atoms with van der Waals surface area (Å²) in [5.74, 6) is 0.495. The first-order valence-corrected chi connectivity index (χ1v) is 6.50. The number of Topliss-reactive ketones (excluding diaryl/α,β-unsaturated/α-hetero) is 1. The summed E-state index contributed by atoms with van der Waals surface area (Å²) in [7, 11) is 0. The fraction of sp³-hybridized carbons (Fsp3) is 0.0714. The lowest BCUT2D eigenvalue weighted by Crippen LogP contribution is -2.12. The first-order valence-electron chi connectivity index (χ1n) is 5.33. The van der Waals surface area contributed by atoms with Gasteiger partial charge in [0.2, 0.25) is 5.78 Å². The number of hydrogen-bond donors (Lipinski definition) is 0. The first-order chi connectivity index (χ1) is 8.68. The van der Waals surface area contributed by atoms with Crippen molar-refractivity contribution in [2.45, 2.75) is 0 Å². The standard InChI is InChI=1S/C14H10BrClO2/c15-11-6-2-4-8-14(11)18-9-13(17)10-5-1-3-7-12(10)16/h1-8H,9H2. The molecule has 0 aliphatic rings. The van der Waals surface area contributed by atoms with E-state index < -0.39 is 0 Å². The average Bonchev–Trinajstić information content (AvgIpc) is 2.38. The molecule has 4 heteroatoms. The third kappa shape index (κ3) is 3.12. The van der Waals surface area contributed by atoms with Crippen molar-refractivity contribution in [1.82, 2.24) is 0 Å². The molecular weight excluding hydrogens is 316 g/mol. The molecule has 0 atom stereocenters. The van der Waals surface area contributed by atoms with E-state index in [0.717, 1.165) is 4.47 Å². The normalized spacial score (nSPS) is 10.1. The number of ketones is 1. The van der Waals surface area contributed by atoms with Crippen LogP contribution in [0.5, 0.6) is 5.75 Å². The second kappa shape index (κ2) is 6.03. The minimum Gasteiger partial charge on any atom is -0.484 e. The van der Waals surface area contributed by atoms with E-state index in [1.54, 1.807) is 30.3 Å². The van der Waals surface area contributed by atoms with E-state index in [0.29, 0.717) is 16.3 Å². The molecule has 0 aliphatic heterocycles. The van der Waals surface area contributed by atoms with Crippen LogP contribution in [0.4, 0.5) is 0 Å². The quantitative estimate of drug-likeness (QED) is 0.781. The number of para-hydroxylation sites is 1. The van der Waals surface area contributed by atoms with Gasteiger partial charge in [0, 0.05) is 5.56 Å². The highest BCUT2D eigenvalue weighted by Crippen LogP contribution is 2.24.